The van der Waals surface area contributed by atoms with Gasteiger partial charge in [-0.25, -0.2) is 4.79 Å². The van der Waals surface area contributed by atoms with E-state index in [1.807, 2.05) is 0 Å². The van der Waals surface area contributed by atoms with Gasteiger partial charge >= 0.3 is 12.0 Å². The number of nitrogens with one attached hydrogen (secondary N) is 2. The van der Waals surface area contributed by atoms with Crippen LogP contribution in [0.1, 0.15) is 5.82 Å². The zero-order valence-electron chi connectivity index (χ0n) is 7.77. The van der Waals surface area contributed by atoms with Crippen molar-refractivity contribution in [3.05, 3.63) is 12.2 Å². The largest absolute Gasteiger partial charge is 0.480 e. The van der Waals surface area contributed by atoms with Gasteiger partial charge < -0.3 is 20.3 Å². The maximum Gasteiger partial charge on any atom is 0.323 e. The number of amides is 2. The van der Waals surface area contributed by atoms with Gasteiger partial charge in [0.15, 0.2) is 5.82 Å². The minimum absolute atomic E-state index is 0.311. The Morgan fingerprint density at radius 2 is 2.27 bits per heavy atom. The molecule has 1 aromatic heterocycles. The van der Waals surface area contributed by atoms with E-state index < -0.39 is 18.5 Å². The van der Waals surface area contributed by atoms with Crippen LogP contribution in [0.4, 0.5) is 4.79 Å². The number of rotatable bonds is 5. The molecule has 0 aliphatic heterocycles. The van der Waals surface area contributed by atoms with E-state index in [0.29, 0.717) is 18.8 Å². The van der Waals surface area contributed by atoms with E-state index in [9.17, 15) is 9.59 Å². The van der Waals surface area contributed by atoms with Crippen LogP contribution >= 0.6 is 0 Å². The number of carboxylic acid groups (broad SMARTS) is 1. The molecule has 0 saturated heterocycles. The summed E-state index contributed by atoms with van der Waals surface area (Å²) >= 11 is 0. The molecule has 82 valence electrons. The van der Waals surface area contributed by atoms with E-state index in [-0.39, 0.29) is 0 Å². The van der Waals surface area contributed by atoms with Crippen LogP contribution in [0, 0.1) is 0 Å². The molecule has 1 heterocycles. The van der Waals surface area contributed by atoms with E-state index in [4.69, 9.17) is 5.11 Å². The SMILES string of the molecule is O=C(O)CNC(=O)NCCc1ncon1. The Kier molecular flexibility index (Phi) is 4.07. The number of hydrogen-bond donors (Lipinski definition) is 3. The molecule has 1 rings (SSSR count). The third kappa shape index (κ3) is 4.60. The zero-order valence-corrected chi connectivity index (χ0v) is 7.77. The zero-order chi connectivity index (χ0) is 11.1. The molecule has 0 radical (unpaired) electrons. The second-order valence-electron chi connectivity index (χ2n) is 2.60. The minimum atomic E-state index is -1.09. The smallest absolute Gasteiger partial charge is 0.323 e. The number of nitrogens with zero attached hydrogens (tertiary/aromatic N) is 2. The Morgan fingerprint density at radius 3 is 2.87 bits per heavy atom. The third-order valence-electron chi connectivity index (χ3n) is 1.44. The summed E-state index contributed by atoms with van der Waals surface area (Å²) in [5.41, 5.74) is 0. The summed E-state index contributed by atoms with van der Waals surface area (Å²) < 4.78 is 4.48. The lowest BCUT2D eigenvalue weighted by Crippen LogP contribution is -2.39. The molecule has 0 spiro atoms. The third-order valence-corrected chi connectivity index (χ3v) is 1.44. The summed E-state index contributed by atoms with van der Waals surface area (Å²) in [4.78, 5) is 24.8. The van der Waals surface area contributed by atoms with Crippen LogP contribution in [0.3, 0.4) is 0 Å². The van der Waals surface area contributed by atoms with E-state index in [1.165, 1.54) is 6.39 Å². The van der Waals surface area contributed by atoms with Gasteiger partial charge in [0.05, 0.1) is 0 Å². The van der Waals surface area contributed by atoms with Gasteiger partial charge in [-0.3, -0.25) is 4.79 Å². The molecule has 0 bridgehead atoms. The number of aromatic nitrogens is 2. The first-order valence-electron chi connectivity index (χ1n) is 4.17. The molecule has 2 amide bonds. The van der Waals surface area contributed by atoms with Crippen LogP contribution in [-0.4, -0.2) is 40.3 Å². The van der Waals surface area contributed by atoms with Gasteiger partial charge in [0.1, 0.15) is 6.54 Å². The van der Waals surface area contributed by atoms with Gasteiger partial charge in [-0.15, -0.1) is 0 Å². The molecule has 0 fully saturated rings. The van der Waals surface area contributed by atoms with E-state index in [0.717, 1.165) is 0 Å². The Hall–Kier alpha value is -2.12. The number of hydrogen-bond acceptors (Lipinski definition) is 5. The van der Waals surface area contributed by atoms with Crippen molar-refractivity contribution < 1.29 is 19.2 Å². The van der Waals surface area contributed by atoms with Crippen molar-refractivity contribution in [3.8, 4) is 0 Å². The summed E-state index contributed by atoms with van der Waals surface area (Å²) in [6.07, 6.45) is 1.62. The second kappa shape index (κ2) is 5.58. The molecule has 3 N–H and O–H groups in total. The summed E-state index contributed by atoms with van der Waals surface area (Å²) in [5.74, 6) is -0.614. The van der Waals surface area contributed by atoms with Gasteiger partial charge in [-0.1, -0.05) is 5.16 Å². The number of carbonyl (C=O) groups is 2. The van der Waals surface area contributed by atoms with Crippen LogP contribution in [0.15, 0.2) is 10.9 Å². The molecule has 0 saturated carbocycles. The Labute approximate surface area is 84.7 Å². The Balaban J connectivity index is 2.09. The predicted octanol–water partition coefficient (Wildman–Crippen LogP) is -1.00. The van der Waals surface area contributed by atoms with Crippen molar-refractivity contribution in [2.45, 2.75) is 6.42 Å². The average molecular weight is 214 g/mol. The van der Waals surface area contributed by atoms with Gasteiger partial charge in [0.2, 0.25) is 6.39 Å². The average Bonchev–Trinajstić information content (AvgIpc) is 2.67. The topological polar surface area (TPSA) is 117 Å². The van der Waals surface area contributed by atoms with Crippen LogP contribution < -0.4 is 10.6 Å². The highest BCUT2D eigenvalue weighted by atomic mass is 16.5. The van der Waals surface area contributed by atoms with Gasteiger partial charge in [0.25, 0.3) is 0 Å². The molecule has 0 unspecified atom stereocenters. The quantitative estimate of drug-likeness (QED) is 0.578. The summed E-state index contributed by atoms with van der Waals surface area (Å²) in [6, 6.07) is -0.541. The molecule has 0 aromatic carbocycles. The fourth-order valence-electron chi connectivity index (χ4n) is 0.809. The lowest BCUT2D eigenvalue weighted by atomic mass is 10.4. The second-order valence-corrected chi connectivity index (χ2v) is 2.60. The van der Waals surface area contributed by atoms with Crippen LogP contribution in [0.25, 0.3) is 0 Å². The minimum Gasteiger partial charge on any atom is -0.480 e. The van der Waals surface area contributed by atoms with Gasteiger partial charge in [-0.2, -0.15) is 4.98 Å². The molecule has 8 heteroatoms. The lowest BCUT2D eigenvalue weighted by molar-refractivity contribution is -0.135. The molecular formula is C7H10N4O4. The first kappa shape index (κ1) is 11.0. The fraction of sp³-hybridized carbons (Fsp3) is 0.429. The van der Waals surface area contributed by atoms with Crippen molar-refractivity contribution in [2.24, 2.45) is 0 Å². The Bertz CT molecular complexity index is 324. The molecular weight excluding hydrogens is 204 g/mol. The maximum atomic E-state index is 10.9. The highest BCUT2D eigenvalue weighted by Gasteiger charge is 2.03. The van der Waals surface area contributed by atoms with E-state index >= 15 is 0 Å². The molecule has 15 heavy (non-hydrogen) atoms. The summed E-state index contributed by atoms with van der Waals surface area (Å²) in [6.45, 7) is -0.0982. The normalized spacial score (nSPS) is 9.60. The maximum absolute atomic E-state index is 10.9. The van der Waals surface area contributed by atoms with E-state index in [1.54, 1.807) is 0 Å². The first-order valence-corrected chi connectivity index (χ1v) is 4.17. The monoisotopic (exact) mass is 214 g/mol. The summed E-state index contributed by atoms with van der Waals surface area (Å²) in [5, 5.41) is 16.4. The molecule has 0 aliphatic rings. The fourth-order valence-corrected chi connectivity index (χ4v) is 0.809. The van der Waals surface area contributed by atoms with Crippen LogP contribution in [0.2, 0.25) is 0 Å². The summed E-state index contributed by atoms with van der Waals surface area (Å²) in [7, 11) is 0. The van der Waals surface area contributed by atoms with E-state index in [2.05, 4.69) is 25.3 Å². The lowest BCUT2D eigenvalue weighted by Gasteiger charge is -2.03. The standard InChI is InChI=1S/C7H10N4O4/c12-6(13)3-9-7(14)8-2-1-5-10-4-15-11-5/h4H,1-3H2,(H,12,13)(H2,8,9,14). The van der Waals surface area contributed by atoms with Crippen molar-refractivity contribution in [1.82, 2.24) is 20.8 Å². The van der Waals surface area contributed by atoms with Crippen molar-refractivity contribution >= 4 is 12.0 Å². The number of carbonyl (C=O) groups excluding carboxylic acids is 1. The van der Waals surface area contributed by atoms with Crippen LogP contribution in [-0.2, 0) is 11.2 Å². The molecule has 0 aliphatic carbocycles. The number of urea groups is 1. The molecule has 0 atom stereocenters. The highest BCUT2D eigenvalue weighted by Crippen LogP contribution is 1.87. The van der Waals surface area contributed by atoms with Crippen molar-refractivity contribution in [2.75, 3.05) is 13.1 Å². The van der Waals surface area contributed by atoms with Gasteiger partial charge in [-0.05, 0) is 0 Å². The Morgan fingerprint density at radius 1 is 1.47 bits per heavy atom. The van der Waals surface area contributed by atoms with Crippen LogP contribution in [0.5, 0.6) is 0 Å². The first-order chi connectivity index (χ1) is 7.18. The molecule has 1 aromatic rings. The number of aliphatic carboxylic acids is 1. The van der Waals surface area contributed by atoms with Crippen molar-refractivity contribution in [1.29, 1.82) is 0 Å². The molecule has 8 nitrogen and oxygen atoms in total. The number of carboxylic acids is 1. The highest BCUT2D eigenvalue weighted by molar-refractivity contribution is 5.79. The predicted molar refractivity (Wildman–Crippen MR) is 47.0 cm³/mol. The van der Waals surface area contributed by atoms with Gasteiger partial charge in [0, 0.05) is 13.0 Å². The van der Waals surface area contributed by atoms with Crippen molar-refractivity contribution in [3.63, 3.8) is 0 Å².